The zero-order valence-corrected chi connectivity index (χ0v) is 11.7. The van der Waals surface area contributed by atoms with E-state index in [4.69, 9.17) is 5.11 Å². The molecular formula is C16H17FN2O2. The van der Waals surface area contributed by atoms with Crippen LogP contribution in [0.4, 0.5) is 15.8 Å². The van der Waals surface area contributed by atoms with Crippen LogP contribution in [-0.4, -0.2) is 11.0 Å². The van der Waals surface area contributed by atoms with Crippen LogP contribution in [0.2, 0.25) is 0 Å². The van der Waals surface area contributed by atoms with Gasteiger partial charge in [0.05, 0.1) is 12.3 Å². The topological polar surface area (TPSA) is 61.4 Å². The highest BCUT2D eigenvalue weighted by atomic mass is 19.1. The fourth-order valence-electron chi connectivity index (χ4n) is 1.89. The second-order valence-corrected chi connectivity index (χ2v) is 4.70. The fourth-order valence-corrected chi connectivity index (χ4v) is 1.89. The third-order valence-corrected chi connectivity index (χ3v) is 2.98. The minimum atomic E-state index is -0.469. The van der Waals surface area contributed by atoms with E-state index in [9.17, 15) is 9.18 Å². The predicted molar refractivity (Wildman–Crippen MR) is 80.4 cm³/mol. The van der Waals surface area contributed by atoms with E-state index >= 15 is 0 Å². The highest BCUT2D eigenvalue weighted by molar-refractivity contribution is 5.89. The van der Waals surface area contributed by atoms with E-state index in [-0.39, 0.29) is 18.2 Å². The Bertz CT molecular complexity index is 627. The van der Waals surface area contributed by atoms with E-state index in [1.54, 1.807) is 12.1 Å². The molecule has 5 heteroatoms. The first kappa shape index (κ1) is 15.0. The van der Waals surface area contributed by atoms with Crippen LogP contribution < -0.4 is 10.6 Å². The molecule has 0 aliphatic carbocycles. The number of benzene rings is 2. The normalized spacial score (nSPS) is 10.2. The van der Waals surface area contributed by atoms with Gasteiger partial charge in [0.1, 0.15) is 5.82 Å². The Morgan fingerprint density at radius 1 is 1.14 bits per heavy atom. The van der Waals surface area contributed by atoms with E-state index in [0.29, 0.717) is 12.2 Å². The summed E-state index contributed by atoms with van der Waals surface area (Å²) in [6, 6.07) is 12.0. The van der Waals surface area contributed by atoms with E-state index in [0.717, 1.165) is 11.1 Å². The number of aliphatic hydroxyl groups is 1. The molecule has 0 fully saturated rings. The van der Waals surface area contributed by atoms with Crippen LogP contribution in [0.25, 0.3) is 0 Å². The van der Waals surface area contributed by atoms with Crippen molar-refractivity contribution in [1.82, 2.24) is 0 Å². The number of aliphatic hydroxyl groups excluding tert-OH is 1. The molecule has 2 aromatic rings. The SMILES string of the molecule is CC(=O)Nc1cc(NCc2ccc(CO)cc2)ccc1F. The molecule has 0 atom stereocenters. The molecule has 0 spiro atoms. The molecule has 110 valence electrons. The average molecular weight is 288 g/mol. The van der Waals surface area contributed by atoms with E-state index in [1.165, 1.54) is 13.0 Å². The monoisotopic (exact) mass is 288 g/mol. The summed E-state index contributed by atoms with van der Waals surface area (Å²) in [5.74, 6) is -0.784. The smallest absolute Gasteiger partial charge is 0.221 e. The van der Waals surface area contributed by atoms with Gasteiger partial charge in [-0.05, 0) is 29.3 Å². The zero-order chi connectivity index (χ0) is 15.2. The van der Waals surface area contributed by atoms with Gasteiger partial charge in [-0.1, -0.05) is 24.3 Å². The van der Waals surface area contributed by atoms with Crippen molar-refractivity contribution in [2.45, 2.75) is 20.1 Å². The molecule has 0 heterocycles. The number of halogens is 1. The molecule has 4 nitrogen and oxygen atoms in total. The highest BCUT2D eigenvalue weighted by Gasteiger charge is 2.05. The predicted octanol–water partition coefficient (Wildman–Crippen LogP) is 2.89. The number of hydrogen-bond donors (Lipinski definition) is 3. The highest BCUT2D eigenvalue weighted by Crippen LogP contribution is 2.20. The van der Waals surface area contributed by atoms with Gasteiger partial charge in [-0.15, -0.1) is 0 Å². The summed E-state index contributed by atoms with van der Waals surface area (Å²) in [7, 11) is 0. The van der Waals surface area contributed by atoms with E-state index < -0.39 is 5.82 Å². The quantitative estimate of drug-likeness (QED) is 0.793. The molecule has 0 unspecified atom stereocenters. The van der Waals surface area contributed by atoms with Crippen molar-refractivity contribution in [2.24, 2.45) is 0 Å². The van der Waals surface area contributed by atoms with Gasteiger partial charge >= 0.3 is 0 Å². The van der Waals surface area contributed by atoms with Gasteiger partial charge in [-0.3, -0.25) is 4.79 Å². The number of rotatable bonds is 5. The molecule has 0 bridgehead atoms. The Morgan fingerprint density at radius 3 is 2.43 bits per heavy atom. The van der Waals surface area contributed by atoms with Gasteiger partial charge in [0, 0.05) is 19.2 Å². The van der Waals surface area contributed by atoms with Crippen LogP contribution in [0.15, 0.2) is 42.5 Å². The zero-order valence-electron chi connectivity index (χ0n) is 11.7. The Morgan fingerprint density at radius 2 is 1.81 bits per heavy atom. The van der Waals surface area contributed by atoms with Crippen molar-refractivity contribution < 1.29 is 14.3 Å². The lowest BCUT2D eigenvalue weighted by Gasteiger charge is -2.10. The minimum Gasteiger partial charge on any atom is -0.392 e. The number of hydrogen-bond acceptors (Lipinski definition) is 3. The fraction of sp³-hybridized carbons (Fsp3) is 0.188. The lowest BCUT2D eigenvalue weighted by Crippen LogP contribution is -2.08. The van der Waals surface area contributed by atoms with Crippen LogP contribution in [0.3, 0.4) is 0 Å². The summed E-state index contributed by atoms with van der Waals surface area (Å²) >= 11 is 0. The third kappa shape index (κ3) is 4.29. The second-order valence-electron chi connectivity index (χ2n) is 4.70. The summed E-state index contributed by atoms with van der Waals surface area (Å²) in [5, 5.41) is 14.6. The van der Waals surface area contributed by atoms with Gasteiger partial charge < -0.3 is 15.7 Å². The Hall–Kier alpha value is -2.40. The molecule has 0 aliphatic heterocycles. The average Bonchev–Trinajstić information content (AvgIpc) is 2.48. The number of nitrogens with one attached hydrogen (secondary N) is 2. The standard InChI is InChI=1S/C16H17FN2O2/c1-11(21)19-16-8-14(6-7-15(16)17)18-9-12-2-4-13(10-20)5-3-12/h2-8,18,20H,9-10H2,1H3,(H,19,21). The first-order chi connectivity index (χ1) is 10.1. The Kier molecular flexibility index (Phi) is 4.90. The molecule has 3 N–H and O–H groups in total. The van der Waals surface area contributed by atoms with E-state index in [1.807, 2.05) is 24.3 Å². The van der Waals surface area contributed by atoms with Gasteiger partial charge in [-0.25, -0.2) is 4.39 Å². The van der Waals surface area contributed by atoms with Crippen molar-refractivity contribution in [3.8, 4) is 0 Å². The van der Waals surface area contributed by atoms with Crippen LogP contribution >= 0.6 is 0 Å². The van der Waals surface area contributed by atoms with Crippen molar-refractivity contribution in [3.05, 3.63) is 59.4 Å². The number of amides is 1. The third-order valence-electron chi connectivity index (χ3n) is 2.98. The van der Waals surface area contributed by atoms with Crippen LogP contribution in [0, 0.1) is 5.82 Å². The van der Waals surface area contributed by atoms with Crippen molar-refractivity contribution in [1.29, 1.82) is 0 Å². The van der Waals surface area contributed by atoms with Crippen molar-refractivity contribution in [3.63, 3.8) is 0 Å². The van der Waals surface area contributed by atoms with Crippen LogP contribution in [0.1, 0.15) is 18.1 Å². The summed E-state index contributed by atoms with van der Waals surface area (Å²) in [6.45, 7) is 1.92. The second kappa shape index (κ2) is 6.85. The summed E-state index contributed by atoms with van der Waals surface area (Å²) in [4.78, 5) is 11.0. The first-order valence-corrected chi connectivity index (χ1v) is 6.58. The maximum atomic E-state index is 13.5. The molecule has 21 heavy (non-hydrogen) atoms. The number of carbonyl (C=O) groups excluding carboxylic acids is 1. The Labute approximate surface area is 122 Å². The Balaban J connectivity index is 2.03. The van der Waals surface area contributed by atoms with Crippen LogP contribution in [0.5, 0.6) is 0 Å². The number of anilines is 2. The van der Waals surface area contributed by atoms with E-state index in [2.05, 4.69) is 10.6 Å². The maximum absolute atomic E-state index is 13.5. The largest absolute Gasteiger partial charge is 0.392 e. The maximum Gasteiger partial charge on any atom is 0.221 e. The van der Waals surface area contributed by atoms with Gasteiger partial charge in [0.15, 0.2) is 0 Å². The summed E-state index contributed by atoms with van der Waals surface area (Å²) in [5.41, 5.74) is 2.76. The van der Waals surface area contributed by atoms with Crippen molar-refractivity contribution >= 4 is 17.3 Å². The van der Waals surface area contributed by atoms with Crippen molar-refractivity contribution in [2.75, 3.05) is 10.6 Å². The van der Waals surface area contributed by atoms with Gasteiger partial charge in [0.25, 0.3) is 0 Å². The number of carbonyl (C=O) groups is 1. The summed E-state index contributed by atoms with van der Waals surface area (Å²) < 4.78 is 13.5. The first-order valence-electron chi connectivity index (χ1n) is 6.58. The molecule has 0 aliphatic rings. The molecule has 0 saturated heterocycles. The molecular weight excluding hydrogens is 271 g/mol. The molecule has 0 saturated carbocycles. The summed E-state index contributed by atoms with van der Waals surface area (Å²) in [6.07, 6.45) is 0. The van der Waals surface area contributed by atoms with Gasteiger partial charge in [0.2, 0.25) is 5.91 Å². The molecule has 0 aromatic heterocycles. The minimum absolute atomic E-state index is 0.0196. The molecule has 1 amide bonds. The van der Waals surface area contributed by atoms with Crippen LogP contribution in [-0.2, 0) is 17.9 Å². The molecule has 2 rings (SSSR count). The lowest BCUT2D eigenvalue weighted by molar-refractivity contribution is -0.114. The lowest BCUT2D eigenvalue weighted by atomic mass is 10.1. The molecule has 2 aromatic carbocycles. The molecule has 0 radical (unpaired) electrons. The van der Waals surface area contributed by atoms with Gasteiger partial charge in [-0.2, -0.15) is 0 Å².